The second-order valence-electron chi connectivity index (χ2n) is 4.23. The average molecular weight is 234 g/mol. The summed E-state index contributed by atoms with van der Waals surface area (Å²) in [5.74, 6) is 1.28. The number of amides is 1. The van der Waals surface area contributed by atoms with Crippen molar-refractivity contribution in [2.45, 2.75) is 12.5 Å². The molecule has 1 unspecified atom stereocenters. The first-order chi connectivity index (χ1) is 8.33. The Morgan fingerprint density at radius 2 is 2.24 bits per heavy atom. The molecule has 2 heterocycles. The van der Waals surface area contributed by atoms with E-state index in [9.17, 15) is 4.79 Å². The summed E-state index contributed by atoms with van der Waals surface area (Å²) in [5, 5.41) is 6.20. The average Bonchev–Trinajstić information content (AvgIpc) is 2.97. The number of fused-ring (bicyclic) bond motifs is 1. The molecule has 5 nitrogen and oxygen atoms in total. The summed E-state index contributed by atoms with van der Waals surface area (Å²) in [6.45, 7) is 2.04. The Bertz CT molecular complexity index is 441. The van der Waals surface area contributed by atoms with Crippen LogP contribution in [0.25, 0.3) is 0 Å². The van der Waals surface area contributed by atoms with Crippen molar-refractivity contribution in [3.05, 3.63) is 23.8 Å². The van der Waals surface area contributed by atoms with Gasteiger partial charge in [0.1, 0.15) is 0 Å². The molecule has 90 valence electrons. The van der Waals surface area contributed by atoms with Gasteiger partial charge in [-0.2, -0.15) is 0 Å². The lowest BCUT2D eigenvalue weighted by molar-refractivity contribution is 0.0939. The van der Waals surface area contributed by atoms with Gasteiger partial charge in [-0.15, -0.1) is 0 Å². The number of carbonyl (C=O) groups is 1. The number of ether oxygens (including phenoxy) is 2. The van der Waals surface area contributed by atoms with Crippen molar-refractivity contribution in [1.29, 1.82) is 0 Å². The Balaban J connectivity index is 1.72. The zero-order chi connectivity index (χ0) is 11.7. The molecule has 0 saturated carbocycles. The summed E-state index contributed by atoms with van der Waals surface area (Å²) in [4.78, 5) is 12.0. The fourth-order valence-electron chi connectivity index (χ4n) is 2.08. The van der Waals surface area contributed by atoms with Crippen LogP contribution in [-0.4, -0.2) is 31.8 Å². The van der Waals surface area contributed by atoms with Gasteiger partial charge in [-0.25, -0.2) is 0 Å². The molecule has 2 aliphatic rings. The molecule has 1 amide bonds. The molecule has 2 N–H and O–H groups in total. The van der Waals surface area contributed by atoms with Crippen molar-refractivity contribution in [1.82, 2.24) is 10.6 Å². The number of nitrogens with one attached hydrogen (secondary N) is 2. The molecule has 1 aromatic rings. The first-order valence-electron chi connectivity index (χ1n) is 5.74. The highest BCUT2D eigenvalue weighted by molar-refractivity contribution is 5.95. The molecule has 3 rings (SSSR count). The molecule has 1 saturated heterocycles. The van der Waals surface area contributed by atoms with Crippen molar-refractivity contribution in [3.63, 3.8) is 0 Å². The van der Waals surface area contributed by atoms with Crippen LogP contribution in [0.1, 0.15) is 16.8 Å². The van der Waals surface area contributed by atoms with Gasteiger partial charge >= 0.3 is 0 Å². The van der Waals surface area contributed by atoms with Gasteiger partial charge in [0, 0.05) is 18.2 Å². The van der Waals surface area contributed by atoms with E-state index in [4.69, 9.17) is 9.47 Å². The molecule has 0 radical (unpaired) electrons. The van der Waals surface area contributed by atoms with Gasteiger partial charge in [-0.1, -0.05) is 0 Å². The Hall–Kier alpha value is -1.75. The Kier molecular flexibility index (Phi) is 2.60. The molecular weight excluding hydrogens is 220 g/mol. The maximum atomic E-state index is 12.0. The standard InChI is InChI=1S/C12H14N2O3/c15-12(14-9-3-4-13-6-9)8-1-2-10-11(5-8)17-7-16-10/h1-2,5,9,13H,3-4,6-7H2,(H,14,15). The first kappa shape index (κ1) is 10.4. The zero-order valence-electron chi connectivity index (χ0n) is 9.36. The minimum atomic E-state index is -0.0583. The molecule has 0 aliphatic carbocycles. The van der Waals surface area contributed by atoms with E-state index in [1.54, 1.807) is 18.2 Å². The predicted molar refractivity (Wildman–Crippen MR) is 61.3 cm³/mol. The molecule has 0 aromatic heterocycles. The monoisotopic (exact) mass is 234 g/mol. The van der Waals surface area contributed by atoms with E-state index in [1.165, 1.54) is 0 Å². The lowest BCUT2D eigenvalue weighted by Crippen LogP contribution is -2.36. The van der Waals surface area contributed by atoms with Gasteiger partial charge in [0.25, 0.3) is 5.91 Å². The summed E-state index contributed by atoms with van der Waals surface area (Å²) in [6, 6.07) is 5.48. The lowest BCUT2D eigenvalue weighted by atomic mass is 10.1. The van der Waals surface area contributed by atoms with E-state index in [2.05, 4.69) is 10.6 Å². The molecular formula is C12H14N2O3. The molecule has 0 bridgehead atoms. The minimum Gasteiger partial charge on any atom is -0.454 e. The van der Waals surface area contributed by atoms with Crippen LogP contribution in [0.4, 0.5) is 0 Å². The van der Waals surface area contributed by atoms with Crippen molar-refractivity contribution >= 4 is 5.91 Å². The van der Waals surface area contributed by atoms with E-state index in [0.717, 1.165) is 19.5 Å². The second-order valence-corrected chi connectivity index (χ2v) is 4.23. The number of carbonyl (C=O) groups excluding carboxylic acids is 1. The fraction of sp³-hybridized carbons (Fsp3) is 0.417. The van der Waals surface area contributed by atoms with Gasteiger partial charge in [-0.3, -0.25) is 4.79 Å². The maximum absolute atomic E-state index is 12.0. The van der Waals surface area contributed by atoms with Crippen molar-refractivity contribution < 1.29 is 14.3 Å². The molecule has 1 aromatic carbocycles. The third-order valence-electron chi connectivity index (χ3n) is 3.03. The van der Waals surface area contributed by atoms with Crippen LogP contribution in [0.3, 0.4) is 0 Å². The summed E-state index contributed by atoms with van der Waals surface area (Å²) >= 11 is 0. The van der Waals surface area contributed by atoms with Crippen LogP contribution in [0, 0.1) is 0 Å². The minimum absolute atomic E-state index is 0.0583. The number of rotatable bonds is 2. The van der Waals surface area contributed by atoms with Gasteiger partial charge in [-0.05, 0) is 31.2 Å². The summed E-state index contributed by atoms with van der Waals surface area (Å²) in [5.41, 5.74) is 0.612. The SMILES string of the molecule is O=C(NC1CCNC1)c1ccc2c(c1)OCO2. The summed E-state index contributed by atoms with van der Waals surface area (Å²) < 4.78 is 10.4. The van der Waals surface area contributed by atoms with Crippen LogP contribution in [-0.2, 0) is 0 Å². The Labute approximate surface area is 99.1 Å². The molecule has 17 heavy (non-hydrogen) atoms. The van der Waals surface area contributed by atoms with E-state index < -0.39 is 0 Å². The number of hydrogen-bond donors (Lipinski definition) is 2. The van der Waals surface area contributed by atoms with Crippen molar-refractivity contribution in [2.24, 2.45) is 0 Å². The second kappa shape index (κ2) is 4.25. The third kappa shape index (κ3) is 2.06. The number of benzene rings is 1. The topological polar surface area (TPSA) is 59.6 Å². The smallest absolute Gasteiger partial charge is 0.251 e. The molecule has 1 atom stereocenters. The van der Waals surface area contributed by atoms with Crippen LogP contribution >= 0.6 is 0 Å². The van der Waals surface area contributed by atoms with Crippen molar-refractivity contribution in [2.75, 3.05) is 19.9 Å². The van der Waals surface area contributed by atoms with E-state index in [-0.39, 0.29) is 18.7 Å². The molecule has 0 spiro atoms. The van der Waals surface area contributed by atoms with Crippen LogP contribution in [0.2, 0.25) is 0 Å². The van der Waals surface area contributed by atoms with Gasteiger partial charge in [0.2, 0.25) is 6.79 Å². The molecule has 5 heteroatoms. The number of hydrogen-bond acceptors (Lipinski definition) is 4. The largest absolute Gasteiger partial charge is 0.454 e. The zero-order valence-corrected chi connectivity index (χ0v) is 9.36. The highest BCUT2D eigenvalue weighted by Crippen LogP contribution is 2.32. The highest BCUT2D eigenvalue weighted by Gasteiger charge is 2.20. The predicted octanol–water partition coefficient (Wildman–Crippen LogP) is 0.507. The quantitative estimate of drug-likeness (QED) is 0.782. The van der Waals surface area contributed by atoms with Gasteiger partial charge in [0.15, 0.2) is 11.5 Å². The lowest BCUT2D eigenvalue weighted by Gasteiger charge is -2.11. The van der Waals surface area contributed by atoms with E-state index in [0.29, 0.717) is 17.1 Å². The van der Waals surface area contributed by atoms with Gasteiger partial charge in [0.05, 0.1) is 0 Å². The van der Waals surface area contributed by atoms with Crippen LogP contribution in [0.5, 0.6) is 11.5 Å². The maximum Gasteiger partial charge on any atom is 0.251 e. The summed E-state index contributed by atoms with van der Waals surface area (Å²) in [7, 11) is 0. The summed E-state index contributed by atoms with van der Waals surface area (Å²) in [6.07, 6.45) is 0.982. The van der Waals surface area contributed by atoms with E-state index in [1.807, 2.05) is 0 Å². The van der Waals surface area contributed by atoms with Gasteiger partial charge < -0.3 is 20.1 Å². The third-order valence-corrected chi connectivity index (χ3v) is 3.03. The normalized spacial score (nSPS) is 21.5. The first-order valence-corrected chi connectivity index (χ1v) is 5.74. The fourth-order valence-corrected chi connectivity index (χ4v) is 2.08. The van der Waals surface area contributed by atoms with E-state index >= 15 is 0 Å². The Morgan fingerprint density at radius 3 is 3.06 bits per heavy atom. The Morgan fingerprint density at radius 1 is 1.35 bits per heavy atom. The molecule has 2 aliphatic heterocycles. The van der Waals surface area contributed by atoms with Crippen LogP contribution < -0.4 is 20.1 Å². The van der Waals surface area contributed by atoms with Crippen LogP contribution in [0.15, 0.2) is 18.2 Å². The van der Waals surface area contributed by atoms with Crippen molar-refractivity contribution in [3.8, 4) is 11.5 Å². The highest BCUT2D eigenvalue weighted by atomic mass is 16.7. The molecule has 1 fully saturated rings.